The van der Waals surface area contributed by atoms with E-state index in [1.54, 1.807) is 18.2 Å². The zero-order valence-corrected chi connectivity index (χ0v) is 10.4. The van der Waals surface area contributed by atoms with E-state index < -0.39 is 11.6 Å². The molecule has 0 fully saturated rings. The molecule has 1 aromatic rings. The fourth-order valence-electron chi connectivity index (χ4n) is 1.34. The summed E-state index contributed by atoms with van der Waals surface area (Å²) in [6, 6.07) is 4.89. The summed E-state index contributed by atoms with van der Waals surface area (Å²) in [6.07, 6.45) is 0. The highest BCUT2D eigenvalue weighted by Gasteiger charge is 2.20. The largest absolute Gasteiger partial charge is 0.497 e. The predicted octanol–water partition coefficient (Wildman–Crippen LogP) is 1.16. The van der Waals surface area contributed by atoms with Crippen LogP contribution in [0.4, 0.5) is 0 Å². The number of benzene rings is 1. The first-order valence-electron chi connectivity index (χ1n) is 5.14. The Morgan fingerprint density at radius 3 is 2.41 bits per heavy atom. The zero-order valence-electron chi connectivity index (χ0n) is 10.4. The quantitative estimate of drug-likeness (QED) is 0.774. The van der Waals surface area contributed by atoms with Crippen molar-refractivity contribution in [1.29, 1.82) is 0 Å². The standard InChI is InChI=1S/C12H17NO4/c1-12(2,15)13-11(14)9-7-8(16-3)5-6-10(9)17-4/h5-7,15H,1-4H3,(H,13,14). The van der Waals surface area contributed by atoms with E-state index in [9.17, 15) is 9.90 Å². The van der Waals surface area contributed by atoms with Crippen molar-refractivity contribution in [3.8, 4) is 11.5 Å². The lowest BCUT2D eigenvalue weighted by Gasteiger charge is -2.20. The lowest BCUT2D eigenvalue weighted by molar-refractivity contribution is 0.0374. The van der Waals surface area contributed by atoms with E-state index in [2.05, 4.69) is 5.32 Å². The van der Waals surface area contributed by atoms with Crippen molar-refractivity contribution >= 4 is 5.91 Å². The Kier molecular flexibility index (Phi) is 3.96. The average Bonchev–Trinajstić information content (AvgIpc) is 2.25. The molecule has 0 aliphatic carbocycles. The number of hydrogen-bond donors (Lipinski definition) is 2. The molecule has 0 aromatic heterocycles. The van der Waals surface area contributed by atoms with Crippen molar-refractivity contribution in [3.63, 3.8) is 0 Å². The molecule has 0 radical (unpaired) electrons. The molecule has 0 heterocycles. The van der Waals surface area contributed by atoms with Crippen molar-refractivity contribution in [2.45, 2.75) is 19.6 Å². The van der Waals surface area contributed by atoms with Gasteiger partial charge in [-0.1, -0.05) is 0 Å². The van der Waals surface area contributed by atoms with Crippen molar-refractivity contribution < 1.29 is 19.4 Å². The highest BCUT2D eigenvalue weighted by molar-refractivity contribution is 5.97. The van der Waals surface area contributed by atoms with Crippen LogP contribution in [0.1, 0.15) is 24.2 Å². The zero-order chi connectivity index (χ0) is 13.1. The van der Waals surface area contributed by atoms with E-state index >= 15 is 0 Å². The van der Waals surface area contributed by atoms with Crippen LogP contribution in [-0.2, 0) is 0 Å². The number of amides is 1. The van der Waals surface area contributed by atoms with Crippen molar-refractivity contribution in [3.05, 3.63) is 23.8 Å². The van der Waals surface area contributed by atoms with Gasteiger partial charge in [0.25, 0.3) is 5.91 Å². The number of aliphatic hydroxyl groups is 1. The maximum Gasteiger partial charge on any atom is 0.257 e. The molecule has 5 nitrogen and oxygen atoms in total. The van der Waals surface area contributed by atoms with Gasteiger partial charge in [-0.15, -0.1) is 0 Å². The first kappa shape index (κ1) is 13.3. The molecule has 5 heteroatoms. The second kappa shape index (κ2) is 5.05. The van der Waals surface area contributed by atoms with Crippen LogP contribution >= 0.6 is 0 Å². The van der Waals surface area contributed by atoms with E-state index in [1.165, 1.54) is 28.1 Å². The van der Waals surface area contributed by atoms with Crippen molar-refractivity contribution in [2.75, 3.05) is 14.2 Å². The van der Waals surface area contributed by atoms with Crippen LogP contribution in [0.5, 0.6) is 11.5 Å². The van der Waals surface area contributed by atoms with Gasteiger partial charge in [0.15, 0.2) is 0 Å². The summed E-state index contributed by atoms with van der Waals surface area (Å²) < 4.78 is 10.1. The van der Waals surface area contributed by atoms with Gasteiger partial charge in [0.1, 0.15) is 17.2 Å². The van der Waals surface area contributed by atoms with Crippen LogP contribution in [0.25, 0.3) is 0 Å². The van der Waals surface area contributed by atoms with Crippen LogP contribution in [0, 0.1) is 0 Å². The first-order valence-corrected chi connectivity index (χ1v) is 5.14. The summed E-state index contributed by atoms with van der Waals surface area (Å²) in [7, 11) is 2.99. The monoisotopic (exact) mass is 239 g/mol. The molecule has 0 aliphatic rings. The highest BCUT2D eigenvalue weighted by atomic mass is 16.5. The summed E-state index contributed by atoms with van der Waals surface area (Å²) >= 11 is 0. The Balaban J connectivity index is 3.05. The number of carbonyl (C=O) groups excluding carboxylic acids is 1. The SMILES string of the molecule is COc1ccc(OC)c(C(=O)NC(C)(C)O)c1. The third-order valence-corrected chi connectivity index (χ3v) is 2.07. The number of carbonyl (C=O) groups is 1. The minimum atomic E-state index is -1.29. The third kappa shape index (κ3) is 3.64. The number of ether oxygens (including phenoxy) is 2. The number of hydrogen-bond acceptors (Lipinski definition) is 4. The number of nitrogens with one attached hydrogen (secondary N) is 1. The summed E-state index contributed by atoms with van der Waals surface area (Å²) in [5.41, 5.74) is -0.973. The predicted molar refractivity (Wildman–Crippen MR) is 63.3 cm³/mol. The molecule has 0 saturated carbocycles. The molecule has 17 heavy (non-hydrogen) atoms. The lowest BCUT2D eigenvalue weighted by Crippen LogP contribution is -2.43. The van der Waals surface area contributed by atoms with Crippen LogP contribution in [-0.4, -0.2) is 31.0 Å². The Labute approximate surface area is 100 Å². The molecule has 0 bridgehead atoms. The van der Waals surface area contributed by atoms with Crippen LogP contribution in [0.3, 0.4) is 0 Å². The van der Waals surface area contributed by atoms with Crippen LogP contribution < -0.4 is 14.8 Å². The van der Waals surface area contributed by atoms with Gasteiger partial charge in [-0.3, -0.25) is 4.79 Å². The topological polar surface area (TPSA) is 67.8 Å². The van der Waals surface area contributed by atoms with E-state index in [-0.39, 0.29) is 0 Å². The molecule has 0 spiro atoms. The Morgan fingerprint density at radius 2 is 1.94 bits per heavy atom. The fraction of sp³-hybridized carbons (Fsp3) is 0.417. The molecule has 1 amide bonds. The summed E-state index contributed by atoms with van der Waals surface area (Å²) in [4.78, 5) is 11.9. The maximum absolute atomic E-state index is 11.9. The number of rotatable bonds is 4. The fourth-order valence-corrected chi connectivity index (χ4v) is 1.34. The molecule has 0 aliphatic heterocycles. The van der Waals surface area contributed by atoms with Crippen molar-refractivity contribution in [2.24, 2.45) is 0 Å². The molecule has 0 atom stereocenters. The Bertz CT molecular complexity index is 409. The molecule has 94 valence electrons. The second-order valence-corrected chi connectivity index (χ2v) is 4.08. The molecule has 1 aromatic carbocycles. The summed E-state index contributed by atoms with van der Waals surface area (Å²) in [5.74, 6) is 0.549. The summed E-state index contributed by atoms with van der Waals surface area (Å²) in [6.45, 7) is 2.97. The van der Waals surface area contributed by atoms with Gasteiger partial charge in [0.2, 0.25) is 0 Å². The molecular formula is C12H17NO4. The van der Waals surface area contributed by atoms with Gasteiger partial charge in [-0.05, 0) is 32.0 Å². The summed E-state index contributed by atoms with van der Waals surface area (Å²) in [5, 5.41) is 12.0. The molecule has 1 rings (SSSR count). The van der Waals surface area contributed by atoms with Gasteiger partial charge >= 0.3 is 0 Å². The van der Waals surface area contributed by atoms with Gasteiger partial charge in [0.05, 0.1) is 19.8 Å². The van der Waals surface area contributed by atoms with E-state index in [4.69, 9.17) is 9.47 Å². The first-order chi connectivity index (χ1) is 7.87. The highest BCUT2D eigenvalue weighted by Crippen LogP contribution is 2.24. The average molecular weight is 239 g/mol. The van der Waals surface area contributed by atoms with Crippen LogP contribution in [0.15, 0.2) is 18.2 Å². The maximum atomic E-state index is 11.9. The van der Waals surface area contributed by atoms with Crippen molar-refractivity contribution in [1.82, 2.24) is 5.32 Å². The molecule has 0 unspecified atom stereocenters. The minimum absolute atomic E-state index is 0.314. The third-order valence-electron chi connectivity index (χ3n) is 2.07. The minimum Gasteiger partial charge on any atom is -0.497 e. The molecule has 2 N–H and O–H groups in total. The molecular weight excluding hydrogens is 222 g/mol. The lowest BCUT2D eigenvalue weighted by atomic mass is 10.1. The van der Waals surface area contributed by atoms with E-state index in [0.717, 1.165) is 0 Å². The van der Waals surface area contributed by atoms with Gasteiger partial charge in [-0.25, -0.2) is 0 Å². The van der Waals surface area contributed by atoms with Gasteiger partial charge in [-0.2, -0.15) is 0 Å². The Morgan fingerprint density at radius 1 is 1.29 bits per heavy atom. The van der Waals surface area contributed by atoms with E-state index in [0.29, 0.717) is 17.1 Å². The normalized spacial score (nSPS) is 10.9. The second-order valence-electron chi connectivity index (χ2n) is 4.08. The number of methoxy groups -OCH3 is 2. The van der Waals surface area contributed by atoms with Gasteiger partial charge in [0, 0.05) is 0 Å². The smallest absolute Gasteiger partial charge is 0.257 e. The van der Waals surface area contributed by atoms with Crippen LogP contribution in [0.2, 0.25) is 0 Å². The Hall–Kier alpha value is -1.75. The molecule has 0 saturated heterocycles. The van der Waals surface area contributed by atoms with Gasteiger partial charge < -0.3 is 19.9 Å². The van der Waals surface area contributed by atoms with E-state index in [1.807, 2.05) is 0 Å².